The molecule has 0 atom stereocenters. The molecule has 1 heteroatoms. The van der Waals surface area contributed by atoms with Crippen LogP contribution >= 0.6 is 0 Å². The Balaban J connectivity index is 1.75. The summed E-state index contributed by atoms with van der Waals surface area (Å²) in [6.45, 7) is 11.1. The van der Waals surface area contributed by atoms with Gasteiger partial charge in [0.25, 0.3) is 0 Å². The van der Waals surface area contributed by atoms with Gasteiger partial charge in [0.1, 0.15) is 0 Å². The highest BCUT2D eigenvalue weighted by molar-refractivity contribution is 4.97. The molecule has 1 aliphatic heterocycles. The maximum atomic E-state index is 2.66. The molecule has 0 amide bonds. The normalized spacial score (nSPS) is 27.2. The summed E-state index contributed by atoms with van der Waals surface area (Å²) in [6, 6.07) is 0. The molecule has 15 heavy (non-hydrogen) atoms. The molecular weight excluding hydrogens is 182 g/mol. The molecule has 1 aliphatic carbocycles. The van der Waals surface area contributed by atoms with E-state index in [-0.39, 0.29) is 0 Å². The van der Waals surface area contributed by atoms with Gasteiger partial charge in [-0.3, -0.25) is 0 Å². The lowest BCUT2D eigenvalue weighted by molar-refractivity contribution is -0.0306. The van der Waals surface area contributed by atoms with Gasteiger partial charge < -0.3 is 4.90 Å². The molecular formula is C14H27N. The third kappa shape index (κ3) is 2.38. The number of hydrogen-bond donors (Lipinski definition) is 0. The van der Waals surface area contributed by atoms with Crippen molar-refractivity contribution < 1.29 is 0 Å². The van der Waals surface area contributed by atoms with E-state index in [2.05, 4.69) is 25.7 Å². The van der Waals surface area contributed by atoms with Gasteiger partial charge in [-0.2, -0.15) is 0 Å². The van der Waals surface area contributed by atoms with E-state index in [0.717, 1.165) is 17.3 Å². The van der Waals surface area contributed by atoms with Gasteiger partial charge in [0.15, 0.2) is 0 Å². The van der Waals surface area contributed by atoms with Crippen molar-refractivity contribution in [3.8, 4) is 0 Å². The summed E-state index contributed by atoms with van der Waals surface area (Å²) in [5.41, 5.74) is 0.791. The highest BCUT2D eigenvalue weighted by Gasteiger charge is 2.46. The molecule has 2 rings (SSSR count). The quantitative estimate of drug-likeness (QED) is 0.687. The van der Waals surface area contributed by atoms with E-state index in [1.54, 1.807) is 0 Å². The molecule has 1 saturated heterocycles. The van der Waals surface area contributed by atoms with E-state index in [9.17, 15) is 0 Å². The predicted octanol–water partition coefficient (Wildman–Crippen LogP) is 3.54. The number of hydrogen-bond acceptors (Lipinski definition) is 1. The summed E-state index contributed by atoms with van der Waals surface area (Å²) in [5.74, 6) is 1.96. The van der Waals surface area contributed by atoms with Crippen LogP contribution in [0.5, 0.6) is 0 Å². The number of likely N-dealkylation sites (tertiary alicyclic amines) is 1. The first-order valence-electron chi connectivity index (χ1n) is 6.87. The summed E-state index contributed by atoms with van der Waals surface area (Å²) >= 11 is 0. The molecule has 0 unspecified atom stereocenters. The van der Waals surface area contributed by atoms with Crippen LogP contribution in [0.3, 0.4) is 0 Å². The average Bonchev–Trinajstić information content (AvgIpc) is 2.16. The summed E-state index contributed by atoms with van der Waals surface area (Å²) in [5, 5.41) is 0. The van der Waals surface area contributed by atoms with Crippen LogP contribution in [0.15, 0.2) is 0 Å². The maximum Gasteiger partial charge on any atom is -0.00134 e. The van der Waals surface area contributed by atoms with Crippen molar-refractivity contribution in [1.29, 1.82) is 0 Å². The fraction of sp³-hybridized carbons (Fsp3) is 1.00. The van der Waals surface area contributed by atoms with Gasteiger partial charge in [-0.25, -0.2) is 0 Å². The fourth-order valence-electron chi connectivity index (χ4n) is 3.50. The first-order valence-corrected chi connectivity index (χ1v) is 6.87. The number of nitrogens with zero attached hydrogens (tertiary/aromatic N) is 1. The minimum Gasteiger partial charge on any atom is -0.303 e. The zero-order valence-corrected chi connectivity index (χ0v) is 10.8. The molecule has 0 aromatic rings. The Morgan fingerprint density at radius 3 is 2.27 bits per heavy atom. The second-order valence-electron chi connectivity index (χ2n) is 6.25. The molecule has 1 heterocycles. The second-order valence-corrected chi connectivity index (χ2v) is 6.25. The molecule has 2 fully saturated rings. The van der Waals surface area contributed by atoms with Crippen LogP contribution in [0.25, 0.3) is 0 Å². The maximum absolute atomic E-state index is 2.66. The predicted molar refractivity (Wildman–Crippen MR) is 66.0 cm³/mol. The lowest BCUT2D eigenvalue weighted by Crippen LogP contribution is -2.48. The summed E-state index contributed by atoms with van der Waals surface area (Å²) < 4.78 is 0. The molecule has 1 saturated carbocycles. The topological polar surface area (TPSA) is 3.24 Å². The van der Waals surface area contributed by atoms with Gasteiger partial charge in [-0.1, -0.05) is 20.8 Å². The van der Waals surface area contributed by atoms with E-state index in [4.69, 9.17) is 0 Å². The summed E-state index contributed by atoms with van der Waals surface area (Å²) in [7, 11) is 0. The minimum atomic E-state index is 0.791. The SMILES string of the molecule is CCCN1CCC2(CC1)CC(C(C)C)C2. The molecule has 2 aliphatic rings. The van der Waals surface area contributed by atoms with E-state index >= 15 is 0 Å². The van der Waals surface area contributed by atoms with Crippen molar-refractivity contribution >= 4 is 0 Å². The van der Waals surface area contributed by atoms with Gasteiger partial charge in [-0.05, 0) is 69.0 Å². The number of piperidine rings is 1. The Morgan fingerprint density at radius 1 is 1.20 bits per heavy atom. The van der Waals surface area contributed by atoms with E-state index < -0.39 is 0 Å². The lowest BCUT2D eigenvalue weighted by Gasteiger charge is -2.53. The number of rotatable bonds is 3. The van der Waals surface area contributed by atoms with Crippen LogP contribution in [0.1, 0.15) is 52.9 Å². The van der Waals surface area contributed by atoms with Crippen LogP contribution < -0.4 is 0 Å². The zero-order valence-electron chi connectivity index (χ0n) is 10.8. The summed E-state index contributed by atoms with van der Waals surface area (Å²) in [4.78, 5) is 2.66. The highest BCUT2D eigenvalue weighted by atomic mass is 15.1. The van der Waals surface area contributed by atoms with Crippen molar-refractivity contribution in [1.82, 2.24) is 4.90 Å². The Bertz CT molecular complexity index is 193. The van der Waals surface area contributed by atoms with Crippen LogP contribution in [0.2, 0.25) is 0 Å². The Labute approximate surface area is 95.2 Å². The summed E-state index contributed by atoms with van der Waals surface area (Å²) in [6.07, 6.45) is 7.35. The van der Waals surface area contributed by atoms with Crippen LogP contribution in [0.4, 0.5) is 0 Å². The van der Waals surface area contributed by atoms with E-state index in [1.165, 1.54) is 51.7 Å². The first-order chi connectivity index (χ1) is 7.15. The highest BCUT2D eigenvalue weighted by Crippen LogP contribution is 2.54. The lowest BCUT2D eigenvalue weighted by atomic mass is 9.55. The largest absolute Gasteiger partial charge is 0.303 e. The van der Waals surface area contributed by atoms with Crippen molar-refractivity contribution in [2.75, 3.05) is 19.6 Å². The van der Waals surface area contributed by atoms with Crippen LogP contribution in [0, 0.1) is 17.3 Å². The first kappa shape index (κ1) is 11.4. The van der Waals surface area contributed by atoms with Crippen molar-refractivity contribution in [3.63, 3.8) is 0 Å². The third-order valence-electron chi connectivity index (χ3n) is 4.79. The van der Waals surface area contributed by atoms with Crippen LogP contribution in [-0.4, -0.2) is 24.5 Å². The smallest absolute Gasteiger partial charge is 0.00134 e. The molecule has 1 nitrogen and oxygen atoms in total. The molecule has 88 valence electrons. The Kier molecular flexibility index (Phi) is 3.39. The molecule has 0 aromatic heterocycles. The van der Waals surface area contributed by atoms with E-state index in [0.29, 0.717) is 0 Å². The van der Waals surface area contributed by atoms with Gasteiger partial charge in [0.05, 0.1) is 0 Å². The minimum absolute atomic E-state index is 0.791. The molecule has 0 radical (unpaired) electrons. The van der Waals surface area contributed by atoms with Crippen molar-refractivity contribution in [2.45, 2.75) is 52.9 Å². The fourth-order valence-corrected chi connectivity index (χ4v) is 3.50. The van der Waals surface area contributed by atoms with Gasteiger partial charge in [-0.15, -0.1) is 0 Å². The zero-order chi connectivity index (χ0) is 10.9. The molecule has 1 spiro atoms. The third-order valence-corrected chi connectivity index (χ3v) is 4.79. The molecule has 0 aromatic carbocycles. The van der Waals surface area contributed by atoms with Crippen molar-refractivity contribution in [3.05, 3.63) is 0 Å². The Hall–Kier alpha value is -0.0400. The molecule has 0 N–H and O–H groups in total. The van der Waals surface area contributed by atoms with Gasteiger partial charge >= 0.3 is 0 Å². The second kappa shape index (κ2) is 4.45. The Morgan fingerprint density at radius 2 is 1.80 bits per heavy atom. The monoisotopic (exact) mass is 209 g/mol. The standard InChI is InChI=1S/C14H27N/c1-4-7-15-8-5-14(6-9-15)10-13(11-14)12(2)3/h12-13H,4-11H2,1-3H3. The van der Waals surface area contributed by atoms with Crippen LogP contribution in [-0.2, 0) is 0 Å². The van der Waals surface area contributed by atoms with Gasteiger partial charge in [0.2, 0.25) is 0 Å². The average molecular weight is 209 g/mol. The van der Waals surface area contributed by atoms with E-state index in [1.807, 2.05) is 0 Å². The molecule has 0 bridgehead atoms. The van der Waals surface area contributed by atoms with Crippen molar-refractivity contribution in [2.24, 2.45) is 17.3 Å². The van der Waals surface area contributed by atoms with Gasteiger partial charge in [0, 0.05) is 0 Å².